The standard InChI is InChI=1S/C10H14O2/c1-8-3-2-4-9(7-12)10(8)5-6-11/h2-4,11-12H,5-7H2,1H3. The van der Waals surface area contributed by atoms with Gasteiger partial charge in [-0.25, -0.2) is 0 Å². The van der Waals surface area contributed by atoms with Gasteiger partial charge >= 0.3 is 0 Å². The quantitative estimate of drug-likeness (QED) is 0.704. The molecule has 2 heteroatoms. The number of aliphatic hydroxyl groups excluding tert-OH is 2. The summed E-state index contributed by atoms with van der Waals surface area (Å²) < 4.78 is 0. The number of rotatable bonds is 3. The van der Waals surface area contributed by atoms with Crippen molar-refractivity contribution in [2.24, 2.45) is 0 Å². The van der Waals surface area contributed by atoms with Gasteiger partial charge in [-0.2, -0.15) is 0 Å². The second-order valence-electron chi connectivity index (χ2n) is 2.84. The van der Waals surface area contributed by atoms with Gasteiger partial charge < -0.3 is 10.2 Å². The van der Waals surface area contributed by atoms with Gasteiger partial charge in [-0.1, -0.05) is 18.2 Å². The Morgan fingerprint density at radius 1 is 1.25 bits per heavy atom. The van der Waals surface area contributed by atoms with E-state index in [0.29, 0.717) is 6.42 Å². The van der Waals surface area contributed by atoms with E-state index in [9.17, 15) is 0 Å². The lowest BCUT2D eigenvalue weighted by molar-refractivity contribution is 0.275. The minimum Gasteiger partial charge on any atom is -0.396 e. The van der Waals surface area contributed by atoms with Crippen LogP contribution in [0.5, 0.6) is 0 Å². The summed E-state index contributed by atoms with van der Waals surface area (Å²) >= 11 is 0. The minimum absolute atomic E-state index is 0.0526. The van der Waals surface area contributed by atoms with E-state index in [1.54, 1.807) is 0 Å². The number of aryl methyl sites for hydroxylation is 1. The molecule has 0 aromatic heterocycles. The van der Waals surface area contributed by atoms with Gasteiger partial charge in [0.05, 0.1) is 6.61 Å². The molecular formula is C10H14O2. The van der Waals surface area contributed by atoms with Gasteiger partial charge in [0.15, 0.2) is 0 Å². The molecule has 1 aromatic rings. The third-order valence-corrected chi connectivity index (χ3v) is 2.04. The molecule has 0 radical (unpaired) electrons. The topological polar surface area (TPSA) is 40.5 Å². The Bertz CT molecular complexity index is 256. The summed E-state index contributed by atoms with van der Waals surface area (Å²) in [6.45, 7) is 2.18. The molecular weight excluding hydrogens is 152 g/mol. The fourth-order valence-corrected chi connectivity index (χ4v) is 1.38. The van der Waals surface area contributed by atoms with Gasteiger partial charge in [0.2, 0.25) is 0 Å². The average molecular weight is 166 g/mol. The van der Waals surface area contributed by atoms with Crippen molar-refractivity contribution in [3.8, 4) is 0 Å². The maximum absolute atomic E-state index is 8.99. The summed E-state index contributed by atoms with van der Waals surface area (Å²) in [4.78, 5) is 0. The summed E-state index contributed by atoms with van der Waals surface area (Å²) in [5.41, 5.74) is 3.13. The molecule has 0 bridgehead atoms. The van der Waals surface area contributed by atoms with Crippen LogP contribution in [-0.4, -0.2) is 16.8 Å². The second kappa shape index (κ2) is 4.24. The van der Waals surface area contributed by atoms with Crippen molar-refractivity contribution < 1.29 is 10.2 Å². The molecule has 0 aliphatic heterocycles. The van der Waals surface area contributed by atoms with Gasteiger partial charge in [-0.3, -0.25) is 0 Å². The molecule has 0 atom stereocenters. The Hall–Kier alpha value is -0.860. The van der Waals surface area contributed by atoms with Crippen LogP contribution in [0.3, 0.4) is 0 Å². The van der Waals surface area contributed by atoms with Crippen LogP contribution in [0.2, 0.25) is 0 Å². The molecule has 0 aliphatic rings. The third-order valence-electron chi connectivity index (χ3n) is 2.04. The van der Waals surface area contributed by atoms with Crippen LogP contribution in [-0.2, 0) is 13.0 Å². The molecule has 0 heterocycles. The van der Waals surface area contributed by atoms with E-state index in [1.165, 1.54) is 0 Å². The van der Waals surface area contributed by atoms with Crippen molar-refractivity contribution in [1.29, 1.82) is 0 Å². The van der Waals surface area contributed by atoms with Crippen LogP contribution >= 0.6 is 0 Å². The fourth-order valence-electron chi connectivity index (χ4n) is 1.38. The lowest BCUT2D eigenvalue weighted by atomic mass is 10.00. The predicted octanol–water partition coefficient (Wildman–Crippen LogP) is 1.02. The van der Waals surface area contributed by atoms with Gasteiger partial charge in [-0.05, 0) is 30.0 Å². The van der Waals surface area contributed by atoms with Crippen LogP contribution in [0.1, 0.15) is 16.7 Å². The van der Waals surface area contributed by atoms with E-state index >= 15 is 0 Å². The maximum Gasteiger partial charge on any atom is 0.0684 e. The van der Waals surface area contributed by atoms with Crippen LogP contribution in [0.25, 0.3) is 0 Å². The Morgan fingerprint density at radius 3 is 2.58 bits per heavy atom. The zero-order valence-corrected chi connectivity index (χ0v) is 7.25. The largest absolute Gasteiger partial charge is 0.396 e. The first kappa shape index (κ1) is 9.23. The fraction of sp³-hybridized carbons (Fsp3) is 0.400. The van der Waals surface area contributed by atoms with E-state index < -0.39 is 0 Å². The molecule has 0 amide bonds. The van der Waals surface area contributed by atoms with E-state index in [-0.39, 0.29) is 13.2 Å². The van der Waals surface area contributed by atoms with Crippen molar-refractivity contribution in [2.75, 3.05) is 6.61 Å². The molecule has 0 aliphatic carbocycles. The predicted molar refractivity (Wildman–Crippen MR) is 47.9 cm³/mol. The molecule has 0 fully saturated rings. The number of aliphatic hydroxyl groups is 2. The Morgan fingerprint density at radius 2 is 2.00 bits per heavy atom. The first-order chi connectivity index (χ1) is 5.79. The first-order valence-corrected chi connectivity index (χ1v) is 4.08. The summed E-state index contributed by atoms with van der Waals surface area (Å²) in [5.74, 6) is 0. The van der Waals surface area contributed by atoms with Crippen LogP contribution in [0.4, 0.5) is 0 Å². The van der Waals surface area contributed by atoms with E-state index in [0.717, 1.165) is 16.7 Å². The Kier molecular flexibility index (Phi) is 3.26. The van der Waals surface area contributed by atoms with E-state index in [1.807, 2.05) is 25.1 Å². The molecule has 12 heavy (non-hydrogen) atoms. The van der Waals surface area contributed by atoms with Gasteiger partial charge in [0.25, 0.3) is 0 Å². The lowest BCUT2D eigenvalue weighted by Gasteiger charge is -2.08. The van der Waals surface area contributed by atoms with Gasteiger partial charge in [-0.15, -0.1) is 0 Å². The highest BCUT2D eigenvalue weighted by Gasteiger charge is 2.02. The second-order valence-corrected chi connectivity index (χ2v) is 2.84. The van der Waals surface area contributed by atoms with E-state index in [4.69, 9.17) is 10.2 Å². The average Bonchev–Trinajstić information content (AvgIpc) is 2.09. The summed E-state index contributed by atoms with van der Waals surface area (Å²) in [5, 5.41) is 17.8. The number of hydrogen-bond acceptors (Lipinski definition) is 2. The van der Waals surface area contributed by atoms with E-state index in [2.05, 4.69) is 0 Å². The molecule has 0 saturated heterocycles. The zero-order valence-electron chi connectivity index (χ0n) is 7.25. The molecule has 2 N–H and O–H groups in total. The molecule has 0 spiro atoms. The highest BCUT2D eigenvalue weighted by atomic mass is 16.3. The van der Waals surface area contributed by atoms with Crippen molar-refractivity contribution in [2.45, 2.75) is 20.0 Å². The minimum atomic E-state index is 0.0526. The monoisotopic (exact) mass is 166 g/mol. The van der Waals surface area contributed by atoms with Crippen molar-refractivity contribution in [1.82, 2.24) is 0 Å². The first-order valence-electron chi connectivity index (χ1n) is 4.08. The highest BCUT2D eigenvalue weighted by molar-refractivity contribution is 5.34. The van der Waals surface area contributed by atoms with Crippen LogP contribution < -0.4 is 0 Å². The zero-order chi connectivity index (χ0) is 8.97. The maximum atomic E-state index is 8.99. The van der Waals surface area contributed by atoms with Crippen LogP contribution in [0, 0.1) is 6.92 Å². The molecule has 1 rings (SSSR count). The number of hydrogen-bond donors (Lipinski definition) is 2. The molecule has 2 nitrogen and oxygen atoms in total. The van der Waals surface area contributed by atoms with Crippen molar-refractivity contribution >= 4 is 0 Å². The Labute approximate surface area is 72.5 Å². The molecule has 66 valence electrons. The molecule has 0 saturated carbocycles. The smallest absolute Gasteiger partial charge is 0.0684 e. The summed E-state index contributed by atoms with van der Waals surface area (Å²) in [7, 11) is 0. The third kappa shape index (κ3) is 1.84. The highest BCUT2D eigenvalue weighted by Crippen LogP contribution is 2.14. The van der Waals surface area contributed by atoms with Gasteiger partial charge in [0.1, 0.15) is 0 Å². The normalized spacial score (nSPS) is 10.2. The van der Waals surface area contributed by atoms with Gasteiger partial charge in [0, 0.05) is 6.61 Å². The SMILES string of the molecule is Cc1cccc(CO)c1CCO. The summed E-state index contributed by atoms with van der Waals surface area (Å²) in [6, 6.07) is 5.80. The van der Waals surface area contributed by atoms with Crippen molar-refractivity contribution in [3.63, 3.8) is 0 Å². The van der Waals surface area contributed by atoms with Crippen LogP contribution in [0.15, 0.2) is 18.2 Å². The molecule has 0 unspecified atom stereocenters. The molecule has 1 aromatic carbocycles. The number of benzene rings is 1. The van der Waals surface area contributed by atoms with Crippen molar-refractivity contribution in [3.05, 3.63) is 34.9 Å². The Balaban J connectivity index is 3.02. The summed E-state index contributed by atoms with van der Waals surface area (Å²) in [6.07, 6.45) is 0.628. The lowest BCUT2D eigenvalue weighted by Crippen LogP contribution is -2.00.